The maximum atomic E-state index is 11.7. The van der Waals surface area contributed by atoms with E-state index in [-0.39, 0.29) is 22.7 Å². The van der Waals surface area contributed by atoms with Gasteiger partial charge in [-0.25, -0.2) is 0 Å². The zero-order valence-electron chi connectivity index (χ0n) is 17.3. The number of carbonyl (C=O) groups excluding carboxylic acids is 1. The number of ether oxygens (including phenoxy) is 2. The number of hydrogen-bond donors (Lipinski definition) is 1. The summed E-state index contributed by atoms with van der Waals surface area (Å²) < 4.78 is 11.8. The molecule has 1 aromatic rings. The van der Waals surface area contributed by atoms with E-state index in [2.05, 4.69) is 4.98 Å². The van der Waals surface area contributed by atoms with Crippen LogP contribution in [0.5, 0.6) is 0 Å². The second kappa shape index (κ2) is 8.26. The van der Waals surface area contributed by atoms with E-state index in [9.17, 15) is 19.7 Å². The van der Waals surface area contributed by atoms with Crippen LogP contribution in [0.15, 0.2) is 18.5 Å². The summed E-state index contributed by atoms with van der Waals surface area (Å²) in [6.07, 6.45) is 2.34. The minimum atomic E-state index is -2.47. The molecule has 1 aliphatic heterocycles. The molecule has 1 aliphatic rings. The highest BCUT2D eigenvalue weighted by atomic mass is 28.4. The molecule has 28 heavy (non-hydrogen) atoms. The average Bonchev–Trinajstić information content (AvgIpc) is 2.56. The fourth-order valence-electron chi connectivity index (χ4n) is 3.61. The van der Waals surface area contributed by atoms with Gasteiger partial charge in [-0.15, -0.1) is 0 Å². The molecule has 2 rings (SSSR count). The molecular formula is C19H30N2O6Si. The first-order valence-corrected chi connectivity index (χ1v) is 12.4. The molecule has 9 heteroatoms. The Morgan fingerprint density at radius 1 is 1.50 bits per heavy atom. The van der Waals surface area contributed by atoms with Crippen LogP contribution >= 0.6 is 0 Å². The first kappa shape index (κ1) is 22.4. The maximum Gasteiger partial charge on any atom is 0.302 e. The largest absolute Gasteiger partial charge is 0.462 e. The SMILES string of the molecule is CC(=O)O[C@@H]1C[C@H](c2ccncc2[N+](=O)[O-])O[C@H](C)[C@H]1CC(C)(C)[Si](C)(C)O. The van der Waals surface area contributed by atoms with Crippen molar-refractivity contribution in [2.24, 2.45) is 5.92 Å². The van der Waals surface area contributed by atoms with Gasteiger partial charge in [0, 0.05) is 25.5 Å². The van der Waals surface area contributed by atoms with E-state index in [1.807, 2.05) is 33.9 Å². The van der Waals surface area contributed by atoms with Gasteiger partial charge in [0.05, 0.1) is 22.7 Å². The average molecular weight is 411 g/mol. The molecule has 0 aliphatic carbocycles. The number of rotatable bonds is 6. The smallest absolute Gasteiger partial charge is 0.302 e. The Morgan fingerprint density at radius 2 is 2.14 bits per heavy atom. The molecule has 0 radical (unpaired) electrons. The minimum Gasteiger partial charge on any atom is -0.462 e. The van der Waals surface area contributed by atoms with Crippen molar-refractivity contribution < 1.29 is 24.0 Å². The van der Waals surface area contributed by atoms with Crippen molar-refractivity contribution in [3.8, 4) is 0 Å². The minimum absolute atomic E-state index is 0.107. The normalized spacial score (nSPS) is 26.0. The summed E-state index contributed by atoms with van der Waals surface area (Å²) >= 11 is 0. The van der Waals surface area contributed by atoms with E-state index < -0.39 is 31.4 Å². The van der Waals surface area contributed by atoms with Crippen LogP contribution in [0.25, 0.3) is 0 Å². The van der Waals surface area contributed by atoms with Crippen LogP contribution in [-0.4, -0.2) is 41.2 Å². The molecule has 1 saturated heterocycles. The first-order valence-electron chi connectivity index (χ1n) is 9.47. The first-order chi connectivity index (χ1) is 12.8. The third-order valence-electron chi connectivity index (χ3n) is 6.00. The van der Waals surface area contributed by atoms with Crippen LogP contribution in [0, 0.1) is 16.0 Å². The number of carbonyl (C=O) groups is 1. The van der Waals surface area contributed by atoms with Crippen molar-refractivity contribution in [3.63, 3.8) is 0 Å². The number of pyridine rings is 1. The Labute approximate surface area is 166 Å². The van der Waals surface area contributed by atoms with Crippen molar-refractivity contribution in [2.45, 2.75) is 77.0 Å². The predicted molar refractivity (Wildman–Crippen MR) is 106 cm³/mol. The summed E-state index contributed by atoms with van der Waals surface area (Å²) in [7, 11) is -2.47. The standard InChI is InChI=1S/C19H30N2O6Si/c1-12-15(10-19(3,4)28(5,6)25)18(27-13(2)22)9-17(26-12)14-7-8-20-11-16(14)21(23)24/h7-8,11-12,15,17-18,25H,9-10H2,1-6H3/t12-,15-,17-,18-/m1/s1. The van der Waals surface area contributed by atoms with Gasteiger partial charge in [0.1, 0.15) is 12.3 Å². The Morgan fingerprint density at radius 3 is 2.68 bits per heavy atom. The lowest BCUT2D eigenvalue weighted by atomic mass is 9.81. The van der Waals surface area contributed by atoms with E-state index in [4.69, 9.17) is 9.47 Å². The van der Waals surface area contributed by atoms with Crippen molar-refractivity contribution in [1.82, 2.24) is 4.98 Å². The highest BCUT2D eigenvalue weighted by Crippen LogP contribution is 2.48. The van der Waals surface area contributed by atoms with Crippen LogP contribution < -0.4 is 0 Å². The van der Waals surface area contributed by atoms with Gasteiger partial charge in [-0.2, -0.15) is 0 Å². The van der Waals surface area contributed by atoms with Gasteiger partial charge in [-0.05, 0) is 37.5 Å². The van der Waals surface area contributed by atoms with Crippen molar-refractivity contribution in [1.29, 1.82) is 0 Å². The van der Waals surface area contributed by atoms with Gasteiger partial charge < -0.3 is 14.3 Å². The number of nitro groups is 1. The molecule has 4 atom stereocenters. The third-order valence-corrected chi connectivity index (χ3v) is 9.52. The summed E-state index contributed by atoms with van der Waals surface area (Å²) in [5.41, 5.74) is 0.322. The number of esters is 1. The van der Waals surface area contributed by atoms with Gasteiger partial charge in [-0.1, -0.05) is 13.8 Å². The van der Waals surface area contributed by atoms with Crippen molar-refractivity contribution in [2.75, 3.05) is 0 Å². The molecule has 0 saturated carbocycles. The van der Waals surface area contributed by atoms with E-state index in [0.717, 1.165) is 0 Å². The second-order valence-electron chi connectivity index (χ2n) is 8.72. The highest BCUT2D eigenvalue weighted by Gasteiger charge is 2.47. The molecule has 1 N–H and O–H groups in total. The number of aromatic nitrogens is 1. The molecule has 8 nitrogen and oxygen atoms in total. The Balaban J connectivity index is 2.33. The molecular weight excluding hydrogens is 380 g/mol. The van der Waals surface area contributed by atoms with Crippen LogP contribution in [0.4, 0.5) is 5.69 Å². The molecule has 156 valence electrons. The lowest BCUT2D eigenvalue weighted by molar-refractivity contribution is -0.386. The second-order valence-corrected chi connectivity index (χ2v) is 13.2. The monoisotopic (exact) mass is 410 g/mol. The van der Waals surface area contributed by atoms with Gasteiger partial charge in [0.15, 0.2) is 8.32 Å². The number of hydrogen-bond acceptors (Lipinski definition) is 7. The lowest BCUT2D eigenvalue weighted by Gasteiger charge is -2.45. The fourth-order valence-corrected chi connectivity index (χ4v) is 4.35. The van der Waals surface area contributed by atoms with E-state index in [1.165, 1.54) is 19.3 Å². The zero-order chi connectivity index (χ0) is 21.3. The van der Waals surface area contributed by atoms with E-state index >= 15 is 0 Å². The molecule has 2 heterocycles. The maximum absolute atomic E-state index is 11.7. The van der Waals surface area contributed by atoms with Crippen LogP contribution in [0.1, 0.15) is 52.2 Å². The summed E-state index contributed by atoms with van der Waals surface area (Å²) in [5.74, 6) is -0.514. The molecule has 0 unspecified atom stereocenters. The fraction of sp³-hybridized carbons (Fsp3) is 0.684. The zero-order valence-corrected chi connectivity index (χ0v) is 18.3. The summed E-state index contributed by atoms with van der Waals surface area (Å²) in [5, 5.41) is 11.1. The predicted octanol–water partition coefficient (Wildman–Crippen LogP) is 3.76. The van der Waals surface area contributed by atoms with Gasteiger partial charge >= 0.3 is 5.97 Å². The van der Waals surface area contributed by atoms with Gasteiger partial charge in [-0.3, -0.25) is 19.9 Å². The van der Waals surface area contributed by atoms with Crippen LogP contribution in [0.2, 0.25) is 18.1 Å². The summed E-state index contributed by atoms with van der Waals surface area (Å²) in [6.45, 7) is 11.1. The third kappa shape index (κ3) is 4.95. The molecule has 0 spiro atoms. The molecule has 0 amide bonds. The van der Waals surface area contributed by atoms with Crippen LogP contribution in [-0.2, 0) is 14.3 Å². The number of nitrogens with zero attached hydrogens (tertiary/aromatic N) is 2. The van der Waals surface area contributed by atoms with E-state index in [1.54, 1.807) is 6.07 Å². The van der Waals surface area contributed by atoms with E-state index in [0.29, 0.717) is 18.4 Å². The van der Waals surface area contributed by atoms with Crippen molar-refractivity contribution >= 4 is 20.0 Å². The summed E-state index contributed by atoms with van der Waals surface area (Å²) in [4.78, 5) is 37.1. The highest BCUT2D eigenvalue weighted by molar-refractivity contribution is 6.72. The molecule has 1 fully saturated rings. The Hall–Kier alpha value is -1.84. The van der Waals surface area contributed by atoms with Gasteiger partial charge in [0.2, 0.25) is 0 Å². The van der Waals surface area contributed by atoms with Crippen LogP contribution in [0.3, 0.4) is 0 Å². The molecule has 0 bridgehead atoms. The topological polar surface area (TPSA) is 112 Å². The van der Waals surface area contributed by atoms with Crippen molar-refractivity contribution in [3.05, 3.63) is 34.1 Å². The Bertz CT molecular complexity index is 733. The Kier molecular flexibility index (Phi) is 6.62. The summed E-state index contributed by atoms with van der Waals surface area (Å²) in [6, 6.07) is 1.58. The molecule has 0 aromatic carbocycles. The van der Waals surface area contributed by atoms with Gasteiger partial charge in [0.25, 0.3) is 5.69 Å². The quantitative estimate of drug-likeness (QED) is 0.329. The molecule has 1 aromatic heterocycles. The lowest BCUT2D eigenvalue weighted by Crippen LogP contribution is -2.47.